The Kier molecular flexibility index (Phi) is 5.45. The number of hydrogen-bond acceptors (Lipinski definition) is 3. The van der Waals surface area contributed by atoms with Crippen molar-refractivity contribution < 1.29 is 4.74 Å². The summed E-state index contributed by atoms with van der Waals surface area (Å²) in [5, 5.41) is 3.21. The maximum Gasteiger partial charge on any atom is 0.188 e. The Labute approximate surface area is 116 Å². The van der Waals surface area contributed by atoms with Crippen molar-refractivity contribution in [1.29, 1.82) is 0 Å². The van der Waals surface area contributed by atoms with Crippen LogP contribution in [0.1, 0.15) is 33.1 Å². The molecular weight excluding hydrogens is 240 g/mol. The van der Waals surface area contributed by atoms with Crippen molar-refractivity contribution in [1.82, 2.24) is 10.2 Å². The number of guanidine groups is 1. The topological polar surface area (TPSA) is 62.9 Å². The van der Waals surface area contributed by atoms with E-state index >= 15 is 0 Å². The number of aliphatic imine (C=N–C) groups is 1. The van der Waals surface area contributed by atoms with Crippen LogP contribution < -0.4 is 11.1 Å². The van der Waals surface area contributed by atoms with Crippen molar-refractivity contribution in [3.63, 3.8) is 0 Å². The van der Waals surface area contributed by atoms with E-state index in [1.165, 1.54) is 19.3 Å². The molecule has 2 fully saturated rings. The van der Waals surface area contributed by atoms with Crippen LogP contribution in [-0.2, 0) is 4.74 Å². The number of nitrogens with one attached hydrogen (secondary N) is 1. The van der Waals surface area contributed by atoms with Gasteiger partial charge in [0.2, 0.25) is 0 Å². The zero-order chi connectivity index (χ0) is 13.7. The highest BCUT2D eigenvalue weighted by molar-refractivity contribution is 5.77. The molecule has 0 unspecified atom stereocenters. The summed E-state index contributed by atoms with van der Waals surface area (Å²) >= 11 is 0. The van der Waals surface area contributed by atoms with E-state index in [-0.39, 0.29) is 0 Å². The lowest BCUT2D eigenvalue weighted by atomic mass is 9.86. The Morgan fingerprint density at radius 1 is 1.32 bits per heavy atom. The third-order valence-electron chi connectivity index (χ3n) is 3.97. The van der Waals surface area contributed by atoms with Crippen LogP contribution in [0.25, 0.3) is 0 Å². The largest absolute Gasteiger partial charge is 0.373 e. The number of nitrogens with zero attached hydrogens (tertiary/aromatic N) is 2. The molecule has 1 aliphatic heterocycles. The molecule has 3 N–H and O–H groups in total. The van der Waals surface area contributed by atoms with Gasteiger partial charge in [0.25, 0.3) is 0 Å². The standard InChI is InChI=1S/C14H28N4O/c1-11-9-18(10-12(2)19-11)7-6-16-14(15)17-8-13-4-3-5-13/h11-13H,3-10H2,1-2H3,(H3,15,16,17)/t11-,12-/m1/s1. The normalized spacial score (nSPS) is 30.1. The van der Waals surface area contributed by atoms with Gasteiger partial charge in [0, 0.05) is 32.7 Å². The molecule has 5 heteroatoms. The Bertz CT molecular complexity index is 294. The van der Waals surface area contributed by atoms with Gasteiger partial charge < -0.3 is 15.8 Å². The van der Waals surface area contributed by atoms with Crippen LogP contribution in [-0.4, -0.2) is 55.8 Å². The van der Waals surface area contributed by atoms with E-state index in [0.717, 1.165) is 38.6 Å². The first-order valence-corrected chi connectivity index (χ1v) is 7.55. The second-order valence-electron chi connectivity index (χ2n) is 5.97. The summed E-state index contributed by atoms with van der Waals surface area (Å²) in [7, 11) is 0. The quantitative estimate of drug-likeness (QED) is 0.572. The zero-order valence-electron chi connectivity index (χ0n) is 12.3. The first-order valence-electron chi connectivity index (χ1n) is 7.55. The summed E-state index contributed by atoms with van der Waals surface area (Å²) in [4.78, 5) is 6.82. The number of nitrogens with two attached hydrogens (primary N) is 1. The lowest BCUT2D eigenvalue weighted by Crippen LogP contribution is -2.48. The summed E-state index contributed by atoms with van der Waals surface area (Å²) < 4.78 is 5.72. The number of ether oxygens (including phenoxy) is 1. The highest BCUT2D eigenvalue weighted by atomic mass is 16.5. The van der Waals surface area contributed by atoms with Gasteiger partial charge in [0.05, 0.1) is 12.2 Å². The fourth-order valence-electron chi connectivity index (χ4n) is 2.77. The minimum atomic E-state index is 0.327. The van der Waals surface area contributed by atoms with Gasteiger partial charge in [0.15, 0.2) is 5.96 Å². The molecule has 1 saturated heterocycles. The minimum Gasteiger partial charge on any atom is -0.373 e. The van der Waals surface area contributed by atoms with E-state index in [4.69, 9.17) is 10.5 Å². The predicted molar refractivity (Wildman–Crippen MR) is 78.3 cm³/mol. The van der Waals surface area contributed by atoms with E-state index in [0.29, 0.717) is 18.2 Å². The third kappa shape index (κ3) is 4.99. The fraction of sp³-hybridized carbons (Fsp3) is 0.929. The first-order chi connectivity index (χ1) is 9.13. The first kappa shape index (κ1) is 14.6. The van der Waals surface area contributed by atoms with Crippen LogP contribution in [0, 0.1) is 5.92 Å². The van der Waals surface area contributed by atoms with Gasteiger partial charge in [-0.2, -0.15) is 0 Å². The van der Waals surface area contributed by atoms with E-state index in [1.54, 1.807) is 0 Å². The van der Waals surface area contributed by atoms with Crippen molar-refractivity contribution in [2.75, 3.05) is 32.7 Å². The van der Waals surface area contributed by atoms with Crippen LogP contribution in [0.2, 0.25) is 0 Å². The summed E-state index contributed by atoms with van der Waals surface area (Å²) in [6, 6.07) is 0. The molecule has 19 heavy (non-hydrogen) atoms. The zero-order valence-corrected chi connectivity index (χ0v) is 12.3. The summed E-state index contributed by atoms with van der Waals surface area (Å²) in [5.41, 5.74) is 5.87. The van der Waals surface area contributed by atoms with E-state index < -0.39 is 0 Å². The number of hydrogen-bond donors (Lipinski definition) is 2. The van der Waals surface area contributed by atoms with Crippen LogP contribution in [0.4, 0.5) is 0 Å². The molecule has 0 bridgehead atoms. The molecule has 0 aromatic rings. The SMILES string of the molecule is C[C@@H]1CN(CCNC(N)=NCC2CCC2)C[C@@H](C)O1. The summed E-state index contributed by atoms with van der Waals surface area (Å²) in [6.07, 6.45) is 4.66. The Morgan fingerprint density at radius 2 is 2.00 bits per heavy atom. The molecule has 1 heterocycles. The fourth-order valence-corrected chi connectivity index (χ4v) is 2.77. The molecule has 2 atom stereocenters. The Morgan fingerprint density at radius 3 is 2.58 bits per heavy atom. The monoisotopic (exact) mass is 268 g/mol. The van der Waals surface area contributed by atoms with Crippen molar-refractivity contribution in [3.05, 3.63) is 0 Å². The predicted octanol–water partition coefficient (Wildman–Crippen LogP) is 0.800. The molecule has 0 aromatic carbocycles. The maximum absolute atomic E-state index is 5.87. The van der Waals surface area contributed by atoms with Crippen LogP contribution in [0.3, 0.4) is 0 Å². The second kappa shape index (κ2) is 7.10. The Balaban J connectivity index is 1.59. The van der Waals surface area contributed by atoms with Crippen molar-refractivity contribution in [3.8, 4) is 0 Å². The lowest BCUT2D eigenvalue weighted by molar-refractivity contribution is -0.0672. The van der Waals surface area contributed by atoms with Crippen LogP contribution in [0.5, 0.6) is 0 Å². The van der Waals surface area contributed by atoms with E-state index in [2.05, 4.69) is 29.1 Å². The average Bonchev–Trinajstić information content (AvgIpc) is 2.25. The van der Waals surface area contributed by atoms with Crippen molar-refractivity contribution >= 4 is 5.96 Å². The van der Waals surface area contributed by atoms with Gasteiger partial charge in [0.1, 0.15) is 0 Å². The van der Waals surface area contributed by atoms with E-state index in [9.17, 15) is 0 Å². The Hall–Kier alpha value is -0.810. The molecular formula is C14H28N4O. The van der Waals surface area contributed by atoms with Crippen molar-refractivity contribution in [2.45, 2.75) is 45.3 Å². The average molecular weight is 268 g/mol. The van der Waals surface area contributed by atoms with Gasteiger partial charge in [-0.15, -0.1) is 0 Å². The lowest BCUT2D eigenvalue weighted by Gasteiger charge is -2.35. The molecule has 1 aliphatic carbocycles. The minimum absolute atomic E-state index is 0.327. The molecule has 0 spiro atoms. The van der Waals surface area contributed by atoms with Gasteiger partial charge in [-0.3, -0.25) is 9.89 Å². The molecule has 5 nitrogen and oxygen atoms in total. The molecule has 1 saturated carbocycles. The van der Waals surface area contributed by atoms with Crippen LogP contribution in [0.15, 0.2) is 4.99 Å². The third-order valence-corrected chi connectivity index (χ3v) is 3.97. The highest BCUT2D eigenvalue weighted by Gasteiger charge is 2.21. The molecule has 0 amide bonds. The number of morpholine rings is 1. The second-order valence-corrected chi connectivity index (χ2v) is 5.97. The van der Waals surface area contributed by atoms with Gasteiger partial charge >= 0.3 is 0 Å². The maximum atomic E-state index is 5.87. The van der Waals surface area contributed by atoms with Crippen molar-refractivity contribution in [2.24, 2.45) is 16.6 Å². The van der Waals surface area contributed by atoms with Gasteiger partial charge in [-0.05, 0) is 32.6 Å². The highest BCUT2D eigenvalue weighted by Crippen LogP contribution is 2.26. The summed E-state index contributed by atoms with van der Waals surface area (Å²) in [5.74, 6) is 1.38. The number of rotatable bonds is 5. The van der Waals surface area contributed by atoms with Crippen LogP contribution >= 0.6 is 0 Å². The molecule has 2 rings (SSSR count). The molecule has 0 radical (unpaired) electrons. The summed E-state index contributed by atoms with van der Waals surface area (Å²) in [6.45, 7) is 9.02. The van der Waals surface area contributed by atoms with Gasteiger partial charge in [-0.1, -0.05) is 6.42 Å². The smallest absolute Gasteiger partial charge is 0.188 e. The molecule has 110 valence electrons. The van der Waals surface area contributed by atoms with Gasteiger partial charge in [-0.25, -0.2) is 0 Å². The molecule has 2 aliphatic rings. The van der Waals surface area contributed by atoms with E-state index in [1.807, 2.05) is 0 Å². The molecule has 0 aromatic heterocycles.